The van der Waals surface area contributed by atoms with Crippen LogP contribution in [0.2, 0.25) is 0 Å². The molecule has 6 heteroatoms. The van der Waals surface area contributed by atoms with Crippen molar-refractivity contribution in [2.45, 2.75) is 25.9 Å². The van der Waals surface area contributed by atoms with Crippen molar-refractivity contribution in [2.75, 3.05) is 19.7 Å². The van der Waals surface area contributed by atoms with Crippen LogP contribution in [0.15, 0.2) is 24.3 Å². The normalized spacial score (nSPS) is 19.4. The Morgan fingerprint density at radius 2 is 2.00 bits per heavy atom. The van der Waals surface area contributed by atoms with Crippen LogP contribution < -0.4 is 4.74 Å². The summed E-state index contributed by atoms with van der Waals surface area (Å²) < 4.78 is 42.5. The summed E-state index contributed by atoms with van der Waals surface area (Å²) in [4.78, 5) is 13.7. The number of carbonyl (C=O) groups excluding carboxylic acids is 1. The minimum absolute atomic E-state index is 0.124. The molecule has 0 N–H and O–H groups in total. The van der Waals surface area contributed by atoms with Crippen LogP contribution in [0, 0.1) is 5.92 Å². The second-order valence-electron chi connectivity index (χ2n) is 5.40. The molecule has 1 unspecified atom stereocenters. The highest BCUT2D eigenvalue weighted by Gasteiger charge is 2.30. The number of ether oxygens (including phenoxy) is 1. The van der Waals surface area contributed by atoms with Gasteiger partial charge >= 0.3 is 6.18 Å². The van der Waals surface area contributed by atoms with E-state index in [-0.39, 0.29) is 18.3 Å². The van der Waals surface area contributed by atoms with E-state index in [0.717, 1.165) is 38.1 Å². The predicted octanol–water partition coefficient (Wildman–Crippen LogP) is 3.34. The smallest absolute Gasteiger partial charge is 0.416 e. The minimum Gasteiger partial charge on any atom is -0.484 e. The highest BCUT2D eigenvalue weighted by atomic mass is 19.4. The molecule has 0 aromatic heterocycles. The quantitative estimate of drug-likeness (QED) is 0.857. The van der Waals surface area contributed by atoms with Gasteiger partial charge in [-0.1, -0.05) is 6.92 Å². The molecule has 0 radical (unpaired) electrons. The Morgan fingerprint density at radius 3 is 2.57 bits per heavy atom. The van der Waals surface area contributed by atoms with E-state index in [1.54, 1.807) is 4.90 Å². The Kier molecular flexibility index (Phi) is 4.75. The molecule has 1 aromatic carbocycles. The number of nitrogens with zero attached hydrogens (tertiary/aromatic N) is 1. The van der Waals surface area contributed by atoms with E-state index in [4.69, 9.17) is 4.74 Å². The van der Waals surface area contributed by atoms with Crippen molar-refractivity contribution in [1.29, 1.82) is 0 Å². The zero-order valence-electron chi connectivity index (χ0n) is 11.8. The molecule has 116 valence electrons. The Morgan fingerprint density at radius 1 is 1.33 bits per heavy atom. The molecule has 0 spiro atoms. The number of hydrogen-bond acceptors (Lipinski definition) is 2. The maximum Gasteiger partial charge on any atom is 0.416 e. The molecule has 0 bridgehead atoms. The maximum absolute atomic E-state index is 12.4. The predicted molar refractivity (Wildman–Crippen MR) is 71.9 cm³/mol. The SMILES string of the molecule is CC1CCCN(C(=O)COc2ccc(C(F)(F)F)cc2)C1. The van der Waals surface area contributed by atoms with Crippen molar-refractivity contribution in [3.05, 3.63) is 29.8 Å². The van der Waals surface area contributed by atoms with Gasteiger partial charge in [0.15, 0.2) is 6.61 Å². The number of rotatable bonds is 3. The second-order valence-corrected chi connectivity index (χ2v) is 5.40. The van der Waals surface area contributed by atoms with Gasteiger partial charge in [0.1, 0.15) is 5.75 Å². The van der Waals surface area contributed by atoms with Gasteiger partial charge in [0, 0.05) is 13.1 Å². The number of carbonyl (C=O) groups is 1. The van der Waals surface area contributed by atoms with Gasteiger partial charge in [0.2, 0.25) is 0 Å². The summed E-state index contributed by atoms with van der Waals surface area (Å²) in [5.41, 5.74) is -0.731. The van der Waals surface area contributed by atoms with Gasteiger partial charge in [-0.3, -0.25) is 4.79 Å². The Bertz CT molecular complexity index is 485. The summed E-state index contributed by atoms with van der Waals surface area (Å²) in [5, 5.41) is 0. The lowest BCUT2D eigenvalue weighted by atomic mass is 10.0. The molecule has 1 saturated heterocycles. The minimum atomic E-state index is -4.36. The fraction of sp³-hybridized carbons (Fsp3) is 0.533. The molecule has 1 fully saturated rings. The monoisotopic (exact) mass is 301 g/mol. The van der Waals surface area contributed by atoms with Crippen LogP contribution in [0.4, 0.5) is 13.2 Å². The molecule has 1 aromatic rings. The first-order valence-corrected chi connectivity index (χ1v) is 6.94. The number of alkyl halides is 3. The average Bonchev–Trinajstić information content (AvgIpc) is 2.44. The van der Waals surface area contributed by atoms with Gasteiger partial charge in [-0.15, -0.1) is 0 Å². The summed E-state index contributed by atoms with van der Waals surface area (Å²) in [6.45, 7) is 3.39. The van der Waals surface area contributed by atoms with E-state index in [0.29, 0.717) is 5.92 Å². The molecule has 1 aliphatic rings. The first-order valence-electron chi connectivity index (χ1n) is 6.94. The van der Waals surface area contributed by atoms with Crippen LogP contribution in [0.1, 0.15) is 25.3 Å². The number of halogens is 3. The van der Waals surface area contributed by atoms with Crippen LogP contribution >= 0.6 is 0 Å². The molecule has 0 aliphatic carbocycles. The number of amides is 1. The fourth-order valence-corrected chi connectivity index (χ4v) is 2.39. The molecule has 3 nitrogen and oxygen atoms in total. The molecule has 1 amide bonds. The third-order valence-corrected chi connectivity index (χ3v) is 3.55. The van der Waals surface area contributed by atoms with Crippen LogP contribution in [-0.4, -0.2) is 30.5 Å². The molecule has 1 atom stereocenters. The van der Waals surface area contributed by atoms with Gasteiger partial charge < -0.3 is 9.64 Å². The number of hydrogen-bond donors (Lipinski definition) is 0. The summed E-state index contributed by atoms with van der Waals surface area (Å²) in [6.07, 6.45) is -2.27. The van der Waals surface area contributed by atoms with Crippen molar-refractivity contribution >= 4 is 5.91 Å². The third kappa shape index (κ3) is 4.37. The highest BCUT2D eigenvalue weighted by molar-refractivity contribution is 5.77. The van der Waals surface area contributed by atoms with E-state index in [1.165, 1.54) is 12.1 Å². The topological polar surface area (TPSA) is 29.5 Å². The van der Waals surface area contributed by atoms with E-state index >= 15 is 0 Å². The van der Waals surface area contributed by atoms with Gasteiger partial charge in [0.05, 0.1) is 5.56 Å². The average molecular weight is 301 g/mol. The van der Waals surface area contributed by atoms with E-state index in [2.05, 4.69) is 6.92 Å². The summed E-state index contributed by atoms with van der Waals surface area (Å²) in [5.74, 6) is 0.622. The van der Waals surface area contributed by atoms with Crippen molar-refractivity contribution in [3.63, 3.8) is 0 Å². The first kappa shape index (κ1) is 15.7. The number of piperidine rings is 1. The van der Waals surface area contributed by atoms with Gasteiger partial charge in [0.25, 0.3) is 5.91 Å². The van der Waals surface area contributed by atoms with Gasteiger partial charge in [-0.2, -0.15) is 13.2 Å². The second kappa shape index (κ2) is 6.37. The number of likely N-dealkylation sites (tertiary alicyclic amines) is 1. The highest BCUT2D eigenvalue weighted by Crippen LogP contribution is 2.30. The molecule has 0 saturated carbocycles. The molecule has 2 rings (SSSR count). The molecular weight excluding hydrogens is 283 g/mol. The molecule has 21 heavy (non-hydrogen) atoms. The molecule has 1 aliphatic heterocycles. The first-order chi connectivity index (χ1) is 9.86. The van der Waals surface area contributed by atoms with Crippen LogP contribution in [-0.2, 0) is 11.0 Å². The van der Waals surface area contributed by atoms with Crippen LogP contribution in [0.3, 0.4) is 0 Å². The lowest BCUT2D eigenvalue weighted by molar-refractivity contribution is -0.138. The largest absolute Gasteiger partial charge is 0.484 e. The van der Waals surface area contributed by atoms with Crippen molar-refractivity contribution in [3.8, 4) is 5.75 Å². The zero-order chi connectivity index (χ0) is 15.5. The summed E-state index contributed by atoms with van der Waals surface area (Å²) in [7, 11) is 0. The fourth-order valence-electron chi connectivity index (χ4n) is 2.39. The van der Waals surface area contributed by atoms with Gasteiger partial charge in [-0.05, 0) is 43.0 Å². The number of benzene rings is 1. The maximum atomic E-state index is 12.4. The zero-order valence-corrected chi connectivity index (χ0v) is 11.8. The summed E-state index contributed by atoms with van der Waals surface area (Å²) >= 11 is 0. The Labute approximate surface area is 121 Å². The standard InChI is InChI=1S/C15H18F3NO2/c1-11-3-2-8-19(9-11)14(20)10-21-13-6-4-12(5-7-13)15(16,17)18/h4-7,11H,2-3,8-10H2,1H3. The van der Waals surface area contributed by atoms with Crippen LogP contribution in [0.5, 0.6) is 5.75 Å². The lowest BCUT2D eigenvalue weighted by Crippen LogP contribution is -2.41. The summed E-state index contributed by atoms with van der Waals surface area (Å²) in [6, 6.07) is 4.36. The molecule has 1 heterocycles. The van der Waals surface area contributed by atoms with Gasteiger partial charge in [-0.25, -0.2) is 0 Å². The van der Waals surface area contributed by atoms with Crippen molar-refractivity contribution < 1.29 is 22.7 Å². The van der Waals surface area contributed by atoms with E-state index < -0.39 is 11.7 Å². The van der Waals surface area contributed by atoms with E-state index in [9.17, 15) is 18.0 Å². The van der Waals surface area contributed by atoms with Crippen molar-refractivity contribution in [2.24, 2.45) is 5.92 Å². The Balaban J connectivity index is 1.86. The van der Waals surface area contributed by atoms with Crippen molar-refractivity contribution in [1.82, 2.24) is 4.90 Å². The Hall–Kier alpha value is -1.72. The lowest BCUT2D eigenvalue weighted by Gasteiger charge is -2.30. The third-order valence-electron chi connectivity index (χ3n) is 3.55. The molecular formula is C15H18F3NO2. The van der Waals surface area contributed by atoms with E-state index in [1.807, 2.05) is 0 Å². The van der Waals surface area contributed by atoms with Crippen LogP contribution in [0.25, 0.3) is 0 Å².